The van der Waals surface area contributed by atoms with E-state index < -0.39 is 0 Å². The molecule has 0 radical (unpaired) electrons. The van der Waals surface area contributed by atoms with Crippen molar-refractivity contribution in [3.63, 3.8) is 0 Å². The normalized spacial score (nSPS) is 21.1. The van der Waals surface area contributed by atoms with Crippen molar-refractivity contribution in [2.45, 2.75) is 24.8 Å². The van der Waals surface area contributed by atoms with E-state index in [0.29, 0.717) is 12.5 Å². The fraction of sp³-hybridized carbons (Fsp3) is 0.286. The Morgan fingerprint density at radius 3 is 2.25 bits per heavy atom. The van der Waals surface area contributed by atoms with E-state index in [1.54, 1.807) is 0 Å². The molecule has 0 bridgehead atoms. The topological polar surface area (TPSA) is 38.3 Å². The van der Waals surface area contributed by atoms with Crippen LogP contribution in [0.2, 0.25) is 0 Å². The minimum absolute atomic E-state index is 0.1000. The van der Waals surface area contributed by atoms with E-state index >= 15 is 0 Å². The lowest BCUT2D eigenvalue weighted by atomic mass is 9.81. The highest BCUT2D eigenvalue weighted by molar-refractivity contribution is 5.79. The van der Waals surface area contributed by atoms with Gasteiger partial charge in [-0.05, 0) is 35.1 Å². The molecule has 2 aromatic carbocycles. The molecule has 2 aliphatic carbocycles. The highest BCUT2D eigenvalue weighted by atomic mass is 16.5. The monoisotopic (exact) mass is 317 g/mol. The molecule has 1 saturated carbocycles. The van der Waals surface area contributed by atoms with Gasteiger partial charge in [-0.2, -0.15) is 0 Å². The van der Waals surface area contributed by atoms with Crippen molar-refractivity contribution in [2.75, 3.05) is 6.61 Å². The molecular weight excluding hydrogens is 298 g/mol. The molecule has 1 N–H and O–H groups in total. The maximum absolute atomic E-state index is 12.0. The van der Waals surface area contributed by atoms with E-state index in [2.05, 4.69) is 35.5 Å². The molecule has 0 unspecified atom stereocenters. The Morgan fingerprint density at radius 1 is 1.08 bits per heavy atom. The predicted octanol–water partition coefficient (Wildman–Crippen LogP) is 3.94. The summed E-state index contributed by atoms with van der Waals surface area (Å²) in [4.78, 5) is 12.0. The number of rotatable bonds is 3. The van der Waals surface area contributed by atoms with Crippen LogP contribution in [-0.2, 0) is 4.74 Å². The van der Waals surface area contributed by atoms with Crippen LogP contribution in [0, 0.1) is 18.3 Å². The van der Waals surface area contributed by atoms with Gasteiger partial charge in [0.1, 0.15) is 6.61 Å². The third-order valence-electron chi connectivity index (χ3n) is 5.04. The molecule has 1 amide bonds. The predicted molar refractivity (Wildman–Crippen MR) is 93.5 cm³/mol. The lowest BCUT2D eigenvalue weighted by molar-refractivity contribution is 0.130. The average Bonchev–Trinajstić information content (AvgIpc) is 2.90. The molecule has 0 spiro atoms. The SMILES string of the molecule is C#CC1CC(NC(=O)OCC2c3ccccc3-c3ccccc32)C1. The van der Waals surface area contributed by atoms with Crippen LogP contribution in [-0.4, -0.2) is 18.7 Å². The standard InChI is InChI=1S/C21H19NO2/c1-2-14-11-15(12-14)22-21(23)24-13-20-18-9-5-3-7-16(18)17-8-4-6-10-19(17)20/h1,3-10,14-15,20H,11-13H2,(H,22,23). The number of carbonyl (C=O) groups is 1. The van der Waals surface area contributed by atoms with Crippen LogP contribution in [0.5, 0.6) is 0 Å². The quantitative estimate of drug-likeness (QED) is 0.871. The van der Waals surface area contributed by atoms with Gasteiger partial charge in [0.25, 0.3) is 0 Å². The van der Waals surface area contributed by atoms with Crippen molar-refractivity contribution >= 4 is 6.09 Å². The van der Waals surface area contributed by atoms with Gasteiger partial charge in [0.2, 0.25) is 0 Å². The summed E-state index contributed by atoms with van der Waals surface area (Å²) in [6, 6.07) is 16.8. The first-order valence-corrected chi connectivity index (χ1v) is 8.34. The summed E-state index contributed by atoms with van der Waals surface area (Å²) in [6.07, 6.45) is 6.71. The molecule has 0 saturated heterocycles. The van der Waals surface area contributed by atoms with Gasteiger partial charge in [0, 0.05) is 17.9 Å². The zero-order chi connectivity index (χ0) is 16.5. The van der Waals surface area contributed by atoms with Crippen LogP contribution < -0.4 is 5.32 Å². The second-order valence-corrected chi connectivity index (χ2v) is 6.50. The van der Waals surface area contributed by atoms with Crippen LogP contribution in [0.4, 0.5) is 4.79 Å². The van der Waals surface area contributed by atoms with Gasteiger partial charge in [0.05, 0.1) is 0 Å². The number of ether oxygens (including phenoxy) is 1. The molecule has 2 aromatic rings. The fourth-order valence-electron chi connectivity index (χ4n) is 3.68. The van der Waals surface area contributed by atoms with Gasteiger partial charge in [-0.3, -0.25) is 0 Å². The Balaban J connectivity index is 1.43. The maximum atomic E-state index is 12.0. The molecule has 2 aliphatic rings. The molecule has 0 atom stereocenters. The largest absolute Gasteiger partial charge is 0.449 e. The molecule has 0 aliphatic heterocycles. The van der Waals surface area contributed by atoms with E-state index in [-0.39, 0.29) is 18.1 Å². The first-order valence-electron chi connectivity index (χ1n) is 8.34. The van der Waals surface area contributed by atoms with Gasteiger partial charge in [-0.15, -0.1) is 12.3 Å². The lowest BCUT2D eigenvalue weighted by Crippen LogP contribution is -2.44. The van der Waals surface area contributed by atoms with Crippen LogP contribution in [0.1, 0.15) is 29.9 Å². The van der Waals surface area contributed by atoms with Crippen molar-refractivity contribution in [3.8, 4) is 23.5 Å². The number of terminal acetylenes is 1. The first kappa shape index (κ1) is 14.8. The number of hydrogen-bond acceptors (Lipinski definition) is 2. The van der Waals surface area contributed by atoms with Crippen molar-refractivity contribution in [1.82, 2.24) is 5.32 Å². The summed E-state index contributed by atoms with van der Waals surface area (Å²) < 4.78 is 5.51. The van der Waals surface area contributed by atoms with Crippen LogP contribution in [0.3, 0.4) is 0 Å². The molecule has 0 aromatic heterocycles. The van der Waals surface area contributed by atoms with Gasteiger partial charge < -0.3 is 10.1 Å². The molecule has 0 heterocycles. The second-order valence-electron chi connectivity index (χ2n) is 6.50. The molecule has 120 valence electrons. The van der Waals surface area contributed by atoms with E-state index in [9.17, 15) is 4.79 Å². The highest BCUT2D eigenvalue weighted by Crippen LogP contribution is 2.44. The fourth-order valence-corrected chi connectivity index (χ4v) is 3.68. The molecule has 3 nitrogen and oxygen atoms in total. The molecule has 24 heavy (non-hydrogen) atoms. The number of hydrogen-bond donors (Lipinski definition) is 1. The van der Waals surface area contributed by atoms with Gasteiger partial charge in [-0.25, -0.2) is 4.79 Å². The summed E-state index contributed by atoms with van der Waals surface area (Å²) in [6.45, 7) is 0.352. The van der Waals surface area contributed by atoms with Gasteiger partial charge in [0.15, 0.2) is 0 Å². The van der Waals surface area contributed by atoms with Crippen LogP contribution in [0.15, 0.2) is 48.5 Å². The first-order chi connectivity index (χ1) is 11.8. The van der Waals surface area contributed by atoms with Crippen molar-refractivity contribution < 1.29 is 9.53 Å². The summed E-state index contributed by atoms with van der Waals surface area (Å²) in [5, 5.41) is 2.90. The van der Waals surface area contributed by atoms with E-state index in [0.717, 1.165) is 12.8 Å². The third-order valence-corrected chi connectivity index (χ3v) is 5.04. The number of alkyl carbamates (subject to hydrolysis) is 1. The minimum atomic E-state index is -0.350. The average molecular weight is 317 g/mol. The third kappa shape index (κ3) is 2.55. The molecule has 3 heteroatoms. The zero-order valence-corrected chi connectivity index (χ0v) is 13.4. The van der Waals surface area contributed by atoms with E-state index in [1.165, 1.54) is 22.3 Å². The molecule has 4 rings (SSSR count). The van der Waals surface area contributed by atoms with Gasteiger partial charge >= 0.3 is 6.09 Å². The lowest BCUT2D eigenvalue weighted by Gasteiger charge is -2.32. The van der Waals surface area contributed by atoms with E-state index in [4.69, 9.17) is 11.2 Å². The Hall–Kier alpha value is -2.73. The number of fused-ring (bicyclic) bond motifs is 3. The Kier molecular flexibility index (Phi) is 3.74. The van der Waals surface area contributed by atoms with Crippen LogP contribution >= 0.6 is 0 Å². The maximum Gasteiger partial charge on any atom is 0.407 e. The minimum Gasteiger partial charge on any atom is -0.449 e. The number of nitrogens with one attached hydrogen (secondary N) is 1. The highest BCUT2D eigenvalue weighted by Gasteiger charge is 2.31. The van der Waals surface area contributed by atoms with Crippen LogP contribution in [0.25, 0.3) is 11.1 Å². The van der Waals surface area contributed by atoms with Crippen molar-refractivity contribution in [2.24, 2.45) is 5.92 Å². The van der Waals surface area contributed by atoms with Crippen molar-refractivity contribution in [1.29, 1.82) is 0 Å². The Labute approximate surface area is 142 Å². The molecular formula is C21H19NO2. The molecule has 1 fully saturated rings. The zero-order valence-electron chi connectivity index (χ0n) is 13.4. The van der Waals surface area contributed by atoms with Gasteiger partial charge in [-0.1, -0.05) is 48.5 Å². The smallest absolute Gasteiger partial charge is 0.407 e. The second kappa shape index (κ2) is 6.05. The summed E-state index contributed by atoms with van der Waals surface area (Å²) in [5.74, 6) is 3.11. The Bertz CT molecular complexity index is 769. The summed E-state index contributed by atoms with van der Waals surface area (Å²) in [5.41, 5.74) is 4.92. The van der Waals surface area contributed by atoms with E-state index in [1.807, 2.05) is 24.3 Å². The number of benzene rings is 2. The summed E-state index contributed by atoms with van der Waals surface area (Å²) in [7, 11) is 0. The Morgan fingerprint density at radius 2 is 1.67 bits per heavy atom. The number of amides is 1. The summed E-state index contributed by atoms with van der Waals surface area (Å²) >= 11 is 0. The number of carbonyl (C=O) groups excluding carboxylic acids is 1. The van der Waals surface area contributed by atoms with Crippen molar-refractivity contribution in [3.05, 3.63) is 59.7 Å².